The lowest BCUT2D eigenvalue weighted by Crippen LogP contribution is -2.36. The molecule has 8 heteroatoms. The van der Waals surface area contributed by atoms with Gasteiger partial charge in [0.25, 0.3) is 0 Å². The molecule has 0 aromatic heterocycles. The van der Waals surface area contributed by atoms with Gasteiger partial charge in [0.15, 0.2) is 5.96 Å². The summed E-state index contributed by atoms with van der Waals surface area (Å²) in [4.78, 5) is 6.89. The van der Waals surface area contributed by atoms with E-state index >= 15 is 0 Å². The molecular formula is C22H27F2IN4O. The van der Waals surface area contributed by atoms with Crippen LogP contribution in [0.25, 0.3) is 0 Å². The third kappa shape index (κ3) is 7.16. The van der Waals surface area contributed by atoms with Gasteiger partial charge in [-0.05, 0) is 30.7 Å². The molecule has 0 spiro atoms. The molecule has 0 bridgehead atoms. The molecule has 0 amide bonds. The lowest BCUT2D eigenvalue weighted by atomic mass is 10.2. The topological polar surface area (TPSA) is 48.9 Å². The fourth-order valence-electron chi connectivity index (χ4n) is 3.05. The standard InChI is InChI=1S/C22H26F2N4O.HI/c1-2-25-22(27-16-18-7-3-4-8-20(18)29-21(23)24)26-15-17-9-11-19(12-10-17)28-13-5-6-14-28;/h3-12,21H,2,13-16H2,1H3,(H2,25,26,27);1H. The van der Waals surface area contributed by atoms with Crippen LogP contribution in [0.2, 0.25) is 0 Å². The zero-order valence-corrected chi connectivity index (χ0v) is 19.2. The predicted octanol–water partition coefficient (Wildman–Crippen LogP) is 4.54. The van der Waals surface area contributed by atoms with Gasteiger partial charge >= 0.3 is 6.61 Å². The molecule has 30 heavy (non-hydrogen) atoms. The average Bonchev–Trinajstić information content (AvgIpc) is 3.26. The Balaban J connectivity index is 0.00000320. The van der Waals surface area contributed by atoms with Crippen LogP contribution in [-0.2, 0) is 13.1 Å². The molecule has 2 aromatic rings. The number of hydrogen-bond donors (Lipinski definition) is 2. The first-order chi connectivity index (χ1) is 14.2. The molecule has 2 N–H and O–H groups in total. The minimum Gasteiger partial charge on any atom is -0.434 e. The van der Waals surface area contributed by atoms with Gasteiger partial charge in [-0.15, -0.1) is 24.0 Å². The van der Waals surface area contributed by atoms with Crippen LogP contribution < -0.4 is 20.3 Å². The van der Waals surface area contributed by atoms with Gasteiger partial charge in [0.2, 0.25) is 0 Å². The molecular weight excluding hydrogens is 501 g/mol. The molecule has 0 radical (unpaired) electrons. The van der Waals surface area contributed by atoms with E-state index in [0.29, 0.717) is 31.2 Å². The van der Waals surface area contributed by atoms with E-state index in [4.69, 9.17) is 0 Å². The van der Waals surface area contributed by atoms with E-state index < -0.39 is 6.61 Å². The minimum atomic E-state index is -2.85. The third-order valence-electron chi connectivity index (χ3n) is 4.52. The molecule has 0 saturated carbocycles. The number of hydrogen-bond acceptors (Lipinski definition) is 3. The van der Waals surface area contributed by atoms with Crippen molar-refractivity contribution in [1.29, 1.82) is 0 Å². The Morgan fingerprint density at radius 3 is 2.43 bits per heavy atom. The van der Waals surface area contributed by atoms with Crippen LogP contribution in [0, 0.1) is 0 Å². The number of anilines is 1. The maximum atomic E-state index is 12.6. The summed E-state index contributed by atoms with van der Waals surface area (Å²) < 4.78 is 29.7. The molecule has 2 aromatic carbocycles. The maximum Gasteiger partial charge on any atom is 0.387 e. The molecule has 1 heterocycles. The van der Waals surface area contributed by atoms with Crippen molar-refractivity contribution in [3.63, 3.8) is 0 Å². The Bertz CT molecular complexity index is 835. The molecule has 0 fully saturated rings. The molecule has 162 valence electrons. The summed E-state index contributed by atoms with van der Waals surface area (Å²) in [6.45, 7) is 2.56. The molecule has 0 atom stereocenters. The van der Waals surface area contributed by atoms with Gasteiger partial charge in [-0.1, -0.05) is 42.5 Å². The fraction of sp³-hybridized carbons (Fsp3) is 0.318. The molecule has 0 saturated heterocycles. The van der Waals surface area contributed by atoms with Gasteiger partial charge in [-0.3, -0.25) is 0 Å². The quantitative estimate of drug-likeness (QED) is 0.229. The fourth-order valence-corrected chi connectivity index (χ4v) is 3.05. The zero-order chi connectivity index (χ0) is 20.5. The van der Waals surface area contributed by atoms with Crippen molar-refractivity contribution in [3.05, 3.63) is 71.8 Å². The Morgan fingerprint density at radius 1 is 1.07 bits per heavy atom. The van der Waals surface area contributed by atoms with Gasteiger partial charge in [0, 0.05) is 37.4 Å². The summed E-state index contributed by atoms with van der Waals surface area (Å²) in [5.41, 5.74) is 2.94. The van der Waals surface area contributed by atoms with Crippen LogP contribution in [0.5, 0.6) is 5.75 Å². The van der Waals surface area contributed by atoms with Crippen molar-refractivity contribution in [1.82, 2.24) is 10.6 Å². The van der Waals surface area contributed by atoms with E-state index in [1.165, 1.54) is 11.8 Å². The van der Waals surface area contributed by atoms with Crippen molar-refractivity contribution >= 4 is 35.6 Å². The number of ether oxygens (including phenoxy) is 1. The van der Waals surface area contributed by atoms with Crippen molar-refractivity contribution in [2.45, 2.75) is 26.6 Å². The number of alkyl halides is 2. The largest absolute Gasteiger partial charge is 0.434 e. The van der Waals surface area contributed by atoms with Crippen molar-refractivity contribution < 1.29 is 13.5 Å². The van der Waals surface area contributed by atoms with Gasteiger partial charge in [-0.2, -0.15) is 8.78 Å². The molecule has 0 unspecified atom stereocenters. The Labute approximate surface area is 193 Å². The van der Waals surface area contributed by atoms with Gasteiger partial charge < -0.3 is 20.3 Å². The first-order valence-electron chi connectivity index (χ1n) is 9.69. The lowest BCUT2D eigenvalue weighted by molar-refractivity contribution is -0.0504. The highest BCUT2D eigenvalue weighted by Gasteiger charge is 2.10. The van der Waals surface area contributed by atoms with E-state index in [2.05, 4.69) is 61.7 Å². The van der Waals surface area contributed by atoms with Crippen LogP contribution in [0.3, 0.4) is 0 Å². The van der Waals surface area contributed by atoms with Gasteiger partial charge in [-0.25, -0.2) is 4.99 Å². The summed E-state index contributed by atoms with van der Waals surface area (Å²) in [7, 11) is 0. The maximum absolute atomic E-state index is 12.6. The number of nitrogens with one attached hydrogen (secondary N) is 2. The van der Waals surface area contributed by atoms with Crippen molar-refractivity contribution in [3.8, 4) is 5.75 Å². The van der Waals surface area contributed by atoms with E-state index in [-0.39, 0.29) is 29.7 Å². The van der Waals surface area contributed by atoms with Crippen molar-refractivity contribution in [2.24, 2.45) is 4.99 Å². The summed E-state index contributed by atoms with van der Waals surface area (Å²) >= 11 is 0. The highest BCUT2D eigenvalue weighted by molar-refractivity contribution is 14.0. The number of halogens is 3. The third-order valence-corrected chi connectivity index (χ3v) is 4.52. The first-order valence-corrected chi connectivity index (χ1v) is 9.69. The highest BCUT2D eigenvalue weighted by Crippen LogP contribution is 2.20. The molecule has 0 aliphatic carbocycles. The summed E-state index contributed by atoms with van der Waals surface area (Å²) in [5, 5.41) is 6.35. The SMILES string of the molecule is CCNC(=NCc1ccc(N2CC=CC2)cc1)NCc1ccccc1OC(F)F.I. The lowest BCUT2D eigenvalue weighted by Gasteiger charge is -2.17. The smallest absolute Gasteiger partial charge is 0.387 e. The first kappa shape index (κ1) is 23.9. The minimum absolute atomic E-state index is 0. The van der Waals surface area contributed by atoms with Crippen LogP contribution in [0.15, 0.2) is 65.7 Å². The van der Waals surface area contributed by atoms with E-state index in [1.54, 1.807) is 18.2 Å². The monoisotopic (exact) mass is 528 g/mol. The predicted molar refractivity (Wildman–Crippen MR) is 128 cm³/mol. The highest BCUT2D eigenvalue weighted by atomic mass is 127. The Hall–Kier alpha value is -2.36. The van der Waals surface area contributed by atoms with E-state index in [0.717, 1.165) is 18.7 Å². The van der Waals surface area contributed by atoms with E-state index in [9.17, 15) is 8.78 Å². The molecule has 1 aliphatic rings. The number of aliphatic imine (C=N–C) groups is 1. The number of para-hydroxylation sites is 1. The van der Waals surface area contributed by atoms with Crippen LogP contribution in [0.1, 0.15) is 18.1 Å². The second kappa shape index (κ2) is 12.4. The Kier molecular flexibility index (Phi) is 9.85. The van der Waals surface area contributed by atoms with Crippen molar-refractivity contribution in [2.75, 3.05) is 24.5 Å². The summed E-state index contributed by atoms with van der Waals surface area (Å²) in [6, 6.07) is 15.1. The average molecular weight is 528 g/mol. The molecule has 3 rings (SSSR count). The second-order valence-electron chi connectivity index (χ2n) is 6.58. The Morgan fingerprint density at radius 2 is 1.77 bits per heavy atom. The summed E-state index contributed by atoms with van der Waals surface area (Å²) in [6.07, 6.45) is 4.33. The van der Waals surface area contributed by atoms with Crippen LogP contribution in [-0.4, -0.2) is 32.2 Å². The zero-order valence-electron chi connectivity index (χ0n) is 16.9. The van der Waals surface area contributed by atoms with Crippen LogP contribution in [0.4, 0.5) is 14.5 Å². The van der Waals surface area contributed by atoms with Gasteiger partial charge in [0.1, 0.15) is 5.75 Å². The number of rotatable bonds is 8. The number of guanidine groups is 1. The normalized spacial score (nSPS) is 13.3. The molecule has 1 aliphatic heterocycles. The summed E-state index contributed by atoms with van der Waals surface area (Å²) in [5.74, 6) is 0.782. The number of nitrogens with zero attached hydrogens (tertiary/aromatic N) is 2. The van der Waals surface area contributed by atoms with E-state index in [1.807, 2.05) is 6.92 Å². The second-order valence-corrected chi connectivity index (χ2v) is 6.58. The molecule has 5 nitrogen and oxygen atoms in total. The van der Waals surface area contributed by atoms with Gasteiger partial charge in [0.05, 0.1) is 6.54 Å². The number of benzene rings is 2. The van der Waals surface area contributed by atoms with Crippen LogP contribution >= 0.6 is 24.0 Å².